The highest BCUT2D eigenvalue weighted by atomic mass is 32.2. The van der Waals surface area contributed by atoms with Crippen LogP contribution in [0.25, 0.3) is 0 Å². The maximum Gasteiger partial charge on any atom is 0.366 e. The van der Waals surface area contributed by atoms with Crippen LogP contribution < -0.4 is 0 Å². The molecule has 0 fully saturated rings. The number of carbonyl (C=O) groups is 1. The van der Waals surface area contributed by atoms with Crippen molar-refractivity contribution in [2.75, 3.05) is 0 Å². The van der Waals surface area contributed by atoms with Crippen LogP contribution in [0, 0.1) is 10.1 Å². The third-order valence-electron chi connectivity index (χ3n) is 1.09. The maximum atomic E-state index is 10.7. The lowest BCUT2D eigenvalue weighted by molar-refractivity contribution is -0.724. The summed E-state index contributed by atoms with van der Waals surface area (Å²) in [5, 5.41) is 7.67. The normalized spacial score (nSPS) is 9.23. The number of thioether (sulfide) groups is 1. The molecule has 68 valence electrons. The van der Waals surface area contributed by atoms with Crippen LogP contribution >= 0.6 is 11.8 Å². The summed E-state index contributed by atoms with van der Waals surface area (Å²) >= 11 is 0.669. The van der Waals surface area contributed by atoms with Crippen LogP contribution in [0.5, 0.6) is 0 Å². The highest BCUT2D eigenvalue weighted by Crippen LogP contribution is 2.18. The molecule has 1 aromatic carbocycles. The van der Waals surface area contributed by atoms with Gasteiger partial charge in [-0.1, -0.05) is 18.2 Å². The molecular formula is C7H5NO4S. The van der Waals surface area contributed by atoms with Crippen LogP contribution in [0.3, 0.4) is 0 Å². The molecule has 0 amide bonds. The number of hydrogen-bond acceptors (Lipinski definition) is 5. The van der Waals surface area contributed by atoms with E-state index in [2.05, 4.69) is 4.84 Å². The average Bonchev–Trinajstić information content (AvgIpc) is 2.04. The first-order chi connectivity index (χ1) is 6.18. The fourth-order valence-electron chi connectivity index (χ4n) is 0.664. The van der Waals surface area contributed by atoms with Gasteiger partial charge in [-0.25, -0.2) is 4.84 Å². The van der Waals surface area contributed by atoms with Gasteiger partial charge >= 0.3 is 10.4 Å². The average molecular weight is 199 g/mol. The van der Waals surface area contributed by atoms with Crippen LogP contribution in [0.1, 0.15) is 0 Å². The Morgan fingerprint density at radius 1 is 1.38 bits per heavy atom. The van der Waals surface area contributed by atoms with Crippen molar-refractivity contribution in [1.29, 1.82) is 0 Å². The summed E-state index contributed by atoms with van der Waals surface area (Å²) in [5.74, 6) is 0. The van der Waals surface area contributed by atoms with Gasteiger partial charge < -0.3 is 0 Å². The zero-order chi connectivity index (χ0) is 9.68. The highest BCUT2D eigenvalue weighted by Gasteiger charge is 2.08. The van der Waals surface area contributed by atoms with Gasteiger partial charge in [0, 0.05) is 4.90 Å². The van der Waals surface area contributed by atoms with Gasteiger partial charge in [0.1, 0.15) is 0 Å². The molecule has 0 aromatic heterocycles. The monoisotopic (exact) mass is 199 g/mol. The smallest absolute Gasteiger partial charge is 0.255 e. The molecule has 0 unspecified atom stereocenters. The largest absolute Gasteiger partial charge is 0.366 e. The number of nitrogens with zero attached hydrogens (tertiary/aromatic N) is 1. The first kappa shape index (κ1) is 9.53. The molecule has 0 saturated heterocycles. The molecule has 0 N–H and O–H groups in total. The molecular weight excluding hydrogens is 194 g/mol. The Kier molecular flexibility index (Phi) is 3.27. The number of benzene rings is 1. The third kappa shape index (κ3) is 3.57. The van der Waals surface area contributed by atoms with Gasteiger partial charge in [0.15, 0.2) is 0 Å². The Hall–Kier alpha value is -1.56. The standard InChI is InChI=1S/C7H5NO4S/c9-7(12-8(10)11)13-6-4-2-1-3-5-6/h1-5H. The molecule has 0 bridgehead atoms. The molecule has 0 atom stereocenters. The quantitative estimate of drug-likeness (QED) is 0.414. The van der Waals surface area contributed by atoms with E-state index in [4.69, 9.17) is 0 Å². The lowest BCUT2D eigenvalue weighted by Gasteiger charge is -1.96. The predicted octanol–water partition coefficient (Wildman–Crippen LogP) is 2.11. The summed E-state index contributed by atoms with van der Waals surface area (Å²) in [7, 11) is 0. The summed E-state index contributed by atoms with van der Waals surface area (Å²) in [4.78, 5) is 24.8. The van der Waals surface area contributed by atoms with Crippen molar-refractivity contribution in [2.24, 2.45) is 0 Å². The van der Waals surface area contributed by atoms with Crippen LogP contribution in [0.15, 0.2) is 35.2 Å². The lowest BCUT2D eigenvalue weighted by atomic mass is 10.4. The molecule has 13 heavy (non-hydrogen) atoms. The van der Waals surface area contributed by atoms with E-state index in [0.29, 0.717) is 16.7 Å². The second kappa shape index (κ2) is 4.46. The van der Waals surface area contributed by atoms with Gasteiger partial charge in [0.05, 0.1) is 0 Å². The topological polar surface area (TPSA) is 69.4 Å². The molecule has 0 spiro atoms. The van der Waals surface area contributed by atoms with Gasteiger partial charge in [0.2, 0.25) is 0 Å². The van der Waals surface area contributed by atoms with Crippen molar-refractivity contribution in [3.05, 3.63) is 40.4 Å². The van der Waals surface area contributed by atoms with Gasteiger partial charge in [-0.05, 0) is 23.9 Å². The molecule has 1 rings (SSSR count). The van der Waals surface area contributed by atoms with E-state index < -0.39 is 10.4 Å². The summed E-state index contributed by atoms with van der Waals surface area (Å²) < 4.78 is 0. The Balaban J connectivity index is 2.50. The van der Waals surface area contributed by atoms with Crippen molar-refractivity contribution in [2.45, 2.75) is 4.90 Å². The van der Waals surface area contributed by atoms with Crippen LogP contribution in [0.4, 0.5) is 4.79 Å². The number of hydrogen-bond donors (Lipinski definition) is 0. The van der Waals surface area contributed by atoms with Crippen molar-refractivity contribution in [3.8, 4) is 0 Å². The maximum absolute atomic E-state index is 10.7. The molecule has 0 aliphatic carbocycles. The minimum Gasteiger partial charge on any atom is -0.255 e. The van der Waals surface area contributed by atoms with E-state index in [-0.39, 0.29) is 0 Å². The fraction of sp³-hybridized carbons (Fsp3) is 0. The Morgan fingerprint density at radius 2 is 2.00 bits per heavy atom. The molecule has 0 radical (unpaired) electrons. The van der Waals surface area contributed by atoms with E-state index >= 15 is 0 Å². The zero-order valence-electron chi connectivity index (χ0n) is 6.38. The molecule has 6 heteroatoms. The highest BCUT2D eigenvalue weighted by molar-refractivity contribution is 8.13. The fourth-order valence-corrected chi connectivity index (χ4v) is 1.25. The van der Waals surface area contributed by atoms with Crippen LogP contribution in [-0.4, -0.2) is 10.4 Å². The van der Waals surface area contributed by atoms with Crippen molar-refractivity contribution >= 4 is 17.1 Å². The van der Waals surface area contributed by atoms with E-state index in [1.165, 1.54) is 0 Å². The van der Waals surface area contributed by atoms with Crippen molar-refractivity contribution in [3.63, 3.8) is 0 Å². The van der Waals surface area contributed by atoms with Gasteiger partial charge in [-0.2, -0.15) is 0 Å². The van der Waals surface area contributed by atoms with Crippen molar-refractivity contribution < 1.29 is 14.7 Å². The minimum atomic E-state index is -1.13. The zero-order valence-corrected chi connectivity index (χ0v) is 7.19. The van der Waals surface area contributed by atoms with E-state index in [9.17, 15) is 14.9 Å². The first-order valence-electron chi connectivity index (χ1n) is 3.27. The molecule has 0 heterocycles. The SMILES string of the molecule is O=C(O[N+](=O)[O-])Sc1ccccc1. The first-order valence-corrected chi connectivity index (χ1v) is 4.09. The van der Waals surface area contributed by atoms with Gasteiger partial charge in [-0.3, -0.25) is 4.79 Å². The molecule has 0 aliphatic rings. The summed E-state index contributed by atoms with van der Waals surface area (Å²) in [5.41, 5.74) is 0. The van der Waals surface area contributed by atoms with E-state index in [1.54, 1.807) is 30.3 Å². The Labute approximate surface area is 77.8 Å². The van der Waals surface area contributed by atoms with E-state index in [0.717, 1.165) is 0 Å². The molecule has 5 nitrogen and oxygen atoms in total. The number of carbonyl (C=O) groups excluding carboxylic acids is 1. The molecule has 0 saturated carbocycles. The Morgan fingerprint density at radius 3 is 2.54 bits per heavy atom. The van der Waals surface area contributed by atoms with Crippen LogP contribution in [-0.2, 0) is 4.84 Å². The predicted molar refractivity (Wildman–Crippen MR) is 45.8 cm³/mol. The van der Waals surface area contributed by atoms with Gasteiger partial charge in [-0.15, -0.1) is 10.1 Å². The second-order valence-corrected chi connectivity index (χ2v) is 2.99. The molecule has 1 aromatic rings. The number of rotatable bonds is 2. The third-order valence-corrected chi connectivity index (χ3v) is 1.84. The Bertz CT molecular complexity index is 314. The van der Waals surface area contributed by atoms with Crippen molar-refractivity contribution in [1.82, 2.24) is 0 Å². The summed E-state index contributed by atoms with van der Waals surface area (Å²) in [6.07, 6.45) is 0. The second-order valence-electron chi connectivity index (χ2n) is 1.98. The minimum absolute atomic E-state index is 0.606. The lowest BCUT2D eigenvalue weighted by Crippen LogP contribution is -2.04. The summed E-state index contributed by atoms with van der Waals surface area (Å²) in [6, 6.07) is 8.55. The molecule has 0 aliphatic heterocycles. The van der Waals surface area contributed by atoms with Gasteiger partial charge in [0.25, 0.3) is 0 Å². The summed E-state index contributed by atoms with van der Waals surface area (Å²) in [6.45, 7) is 0. The van der Waals surface area contributed by atoms with Crippen LogP contribution in [0.2, 0.25) is 0 Å². The van der Waals surface area contributed by atoms with E-state index in [1.807, 2.05) is 0 Å².